The number of hydrogen-bond donors (Lipinski definition) is 1. The lowest BCUT2D eigenvalue weighted by Crippen LogP contribution is -1.83. The van der Waals surface area contributed by atoms with E-state index in [0.717, 1.165) is 8.51 Å². The number of aromatic amines is 1. The van der Waals surface area contributed by atoms with Crippen LogP contribution in [0.25, 0.3) is 0 Å². The van der Waals surface area contributed by atoms with E-state index in [4.69, 9.17) is 16.3 Å². The predicted octanol–water partition coefficient (Wildman–Crippen LogP) is 2.51. The lowest BCUT2D eigenvalue weighted by atomic mass is 11.2. The molecule has 0 saturated carbocycles. The van der Waals surface area contributed by atoms with E-state index in [1.807, 2.05) is 0 Å². The Morgan fingerprint density at radius 1 is 2.00 bits per heavy atom. The van der Waals surface area contributed by atoms with Crippen molar-refractivity contribution in [1.82, 2.24) is 12.6 Å². The van der Waals surface area contributed by atoms with Crippen LogP contribution in [0.4, 0.5) is 0 Å². The Morgan fingerprint density at radius 3 is 3.40 bits per heavy atom. The summed E-state index contributed by atoms with van der Waals surface area (Å²) in [5.41, 5.74) is 0. The van der Waals surface area contributed by atoms with Crippen molar-refractivity contribution in [3.8, 4) is 0 Å². The van der Waals surface area contributed by atoms with Crippen molar-refractivity contribution in [1.29, 1.82) is 0 Å². The maximum atomic E-state index is 5.69. The van der Waals surface area contributed by atoms with Crippen molar-refractivity contribution in [3.63, 3.8) is 0 Å². The molecular weight excluding hydrogens is 210 g/mol. The number of nitrogens with zero attached hydrogens (tertiary/aromatic N) is 2. The summed E-state index contributed by atoms with van der Waals surface area (Å²) < 4.78 is 13.5. The van der Waals surface area contributed by atoms with E-state index < -0.39 is 8.08 Å². The highest BCUT2D eigenvalue weighted by molar-refractivity contribution is 7.52. The zero-order valence-corrected chi connectivity index (χ0v) is 8.40. The van der Waals surface area contributed by atoms with Gasteiger partial charge in [0.2, 0.25) is 0 Å². The molecule has 0 radical (unpaired) electrons. The normalized spacial score (nSPS) is 12.3. The fourth-order valence-electron chi connectivity index (χ4n) is 0.338. The third-order valence-electron chi connectivity index (χ3n) is 0.638. The number of H-pyrrole nitrogens is 1. The number of nitrogens with one attached hydrogen (secondary N) is 1. The first kappa shape index (κ1) is 8.23. The molecule has 1 rings (SSSR count). The van der Waals surface area contributed by atoms with E-state index in [-0.39, 0.29) is 0 Å². The summed E-state index contributed by atoms with van der Waals surface area (Å²) in [7, 11) is 0.220. The van der Waals surface area contributed by atoms with Crippen LogP contribution in [-0.2, 0) is 0 Å². The highest BCUT2D eigenvalue weighted by Crippen LogP contribution is 2.26. The van der Waals surface area contributed by atoms with Gasteiger partial charge in [0.1, 0.15) is 0 Å². The molecular formula is C2H5ClN3OP3. The summed E-state index contributed by atoms with van der Waals surface area (Å²) in [5, 5.41) is 0. The molecule has 0 bridgehead atoms. The second-order valence-corrected chi connectivity index (χ2v) is 5.98. The Labute approximate surface area is 67.4 Å². The highest BCUT2D eigenvalue weighted by atomic mass is 35.5. The van der Waals surface area contributed by atoms with Crippen molar-refractivity contribution >= 4 is 36.9 Å². The van der Waals surface area contributed by atoms with Gasteiger partial charge in [-0.25, -0.2) is 0 Å². The molecule has 0 fully saturated rings. The molecule has 1 aromatic heterocycles. The minimum Gasteiger partial charge on any atom is -0.425 e. The standard InChI is InChI=1S/C2H5ClN3OP3/c1-2-7-10-5-8-4-9-6(10)3/h2,5,8H,1H2. The molecule has 0 aromatic carbocycles. The zero-order valence-electron chi connectivity index (χ0n) is 4.86. The molecule has 0 aliphatic carbocycles. The topological polar surface area (TPSA) is 42.8 Å². The van der Waals surface area contributed by atoms with Crippen LogP contribution in [0.2, 0.25) is 0 Å². The highest BCUT2D eigenvalue weighted by Gasteiger charge is 1.93. The van der Waals surface area contributed by atoms with Crippen molar-refractivity contribution in [2.75, 3.05) is 0 Å². The Bertz CT molecular complexity index is 245. The van der Waals surface area contributed by atoms with Crippen molar-refractivity contribution in [2.24, 2.45) is 0 Å². The molecule has 56 valence electrons. The second kappa shape index (κ2) is 4.10. The van der Waals surface area contributed by atoms with Gasteiger partial charge >= 0.3 is 0 Å². The fraction of sp³-hybridized carbons (Fsp3) is 0. The molecule has 1 aromatic rings. The van der Waals surface area contributed by atoms with Gasteiger partial charge in [0.25, 0.3) is 8.08 Å². The van der Waals surface area contributed by atoms with Gasteiger partial charge in [-0.3, -0.25) is 4.51 Å². The smallest absolute Gasteiger partial charge is 0.256 e. The molecule has 1 heterocycles. The molecule has 0 spiro atoms. The summed E-state index contributed by atoms with van der Waals surface area (Å²) in [5.74, 6) is 0. The fourth-order valence-corrected chi connectivity index (χ4v) is 4.43. The maximum absolute atomic E-state index is 5.69. The Hall–Kier alpha value is 0.130. The van der Waals surface area contributed by atoms with Crippen LogP contribution < -0.4 is 4.52 Å². The summed E-state index contributed by atoms with van der Waals surface area (Å²) in [6.45, 7) is 3.43. The molecule has 1 N–H and O–H groups in total. The predicted molar refractivity (Wildman–Crippen MR) is 47.0 cm³/mol. The van der Waals surface area contributed by atoms with Gasteiger partial charge in [0, 0.05) is 20.3 Å². The van der Waals surface area contributed by atoms with Gasteiger partial charge in [-0.1, -0.05) is 6.58 Å². The van der Waals surface area contributed by atoms with Gasteiger partial charge < -0.3 is 4.52 Å². The molecule has 2 atom stereocenters. The van der Waals surface area contributed by atoms with Crippen LogP contribution in [0, 0.1) is 0 Å². The third-order valence-corrected chi connectivity index (χ3v) is 4.70. The van der Waals surface area contributed by atoms with Gasteiger partial charge in [0.05, 0.1) is 6.26 Å². The quantitative estimate of drug-likeness (QED) is 0.770. The van der Waals surface area contributed by atoms with Crippen molar-refractivity contribution in [2.45, 2.75) is 0 Å². The minimum atomic E-state index is -0.896. The molecule has 0 aliphatic rings. The van der Waals surface area contributed by atoms with Gasteiger partial charge in [0.15, 0.2) is 8.51 Å². The van der Waals surface area contributed by atoms with Crippen molar-refractivity contribution in [3.05, 3.63) is 12.8 Å². The van der Waals surface area contributed by atoms with E-state index in [1.54, 1.807) is 0 Å². The Balaban J connectivity index is 2.91. The maximum Gasteiger partial charge on any atom is 0.256 e. The van der Waals surface area contributed by atoms with E-state index in [0.29, 0.717) is 8.51 Å². The monoisotopic (exact) mass is 215 g/mol. The molecule has 0 aliphatic heterocycles. The van der Waals surface area contributed by atoms with Gasteiger partial charge in [-0.15, -0.1) is 0 Å². The van der Waals surface area contributed by atoms with Crippen LogP contribution in [0.15, 0.2) is 12.8 Å². The second-order valence-electron chi connectivity index (χ2n) is 1.20. The first-order valence-corrected chi connectivity index (χ1v) is 5.59. The molecule has 4 nitrogen and oxygen atoms in total. The van der Waals surface area contributed by atoms with Crippen LogP contribution in [0.5, 0.6) is 0 Å². The zero-order chi connectivity index (χ0) is 7.40. The summed E-state index contributed by atoms with van der Waals surface area (Å²) in [6.07, 6.45) is 1.37. The SMILES string of the molecule is C=COp1[nH][pH]npn1Cl. The van der Waals surface area contributed by atoms with E-state index in [2.05, 4.69) is 15.6 Å². The number of halogens is 1. The van der Waals surface area contributed by atoms with Gasteiger partial charge in [-0.05, 0) is 0 Å². The summed E-state index contributed by atoms with van der Waals surface area (Å²) in [4.78, 5) is 0. The molecule has 0 amide bonds. The lowest BCUT2D eigenvalue weighted by Gasteiger charge is -2.00. The van der Waals surface area contributed by atoms with E-state index >= 15 is 0 Å². The van der Waals surface area contributed by atoms with Crippen molar-refractivity contribution < 1.29 is 4.52 Å². The number of rotatable bonds is 2. The first-order chi connectivity index (χ1) is 4.84. The molecule has 2 unspecified atom stereocenters. The Morgan fingerprint density at radius 2 is 2.80 bits per heavy atom. The average Bonchev–Trinajstić information content (AvgIpc) is 1.94. The molecule has 10 heavy (non-hydrogen) atoms. The van der Waals surface area contributed by atoms with E-state index in [1.165, 1.54) is 9.87 Å². The average molecular weight is 215 g/mol. The van der Waals surface area contributed by atoms with Crippen LogP contribution >= 0.6 is 36.9 Å². The van der Waals surface area contributed by atoms with Crippen LogP contribution in [-0.4, -0.2) is 12.6 Å². The Kier molecular flexibility index (Phi) is 3.37. The number of hydrogen-bond acceptors (Lipinski definition) is 2. The minimum absolute atomic E-state index is 0.370. The molecule has 0 saturated heterocycles. The van der Waals surface area contributed by atoms with E-state index in [9.17, 15) is 0 Å². The lowest BCUT2D eigenvalue weighted by molar-refractivity contribution is 0.626. The summed E-state index contributed by atoms with van der Waals surface area (Å²) in [6, 6.07) is 0. The molecule has 8 heteroatoms. The van der Waals surface area contributed by atoms with Crippen LogP contribution in [0.1, 0.15) is 0 Å². The van der Waals surface area contributed by atoms with Crippen LogP contribution in [0.3, 0.4) is 0 Å². The first-order valence-electron chi connectivity index (χ1n) is 2.29. The largest absolute Gasteiger partial charge is 0.425 e. The summed E-state index contributed by atoms with van der Waals surface area (Å²) >= 11 is 5.69. The number of aromatic nitrogens is 3. The van der Waals surface area contributed by atoms with Gasteiger partial charge in [-0.2, -0.15) is 8.12 Å². The third kappa shape index (κ3) is 2.07.